The van der Waals surface area contributed by atoms with E-state index in [4.69, 9.17) is 9.84 Å². The van der Waals surface area contributed by atoms with Gasteiger partial charge in [0.25, 0.3) is 0 Å². The van der Waals surface area contributed by atoms with Crippen molar-refractivity contribution in [2.45, 2.75) is 0 Å². The molecule has 3 aromatic rings. The summed E-state index contributed by atoms with van der Waals surface area (Å²) in [5.41, 5.74) is 3.89. The van der Waals surface area contributed by atoms with Crippen LogP contribution < -0.4 is 9.64 Å². The number of hydrogen-bond acceptors (Lipinski definition) is 5. The molecule has 3 rings (SSSR count). The van der Waals surface area contributed by atoms with Gasteiger partial charge in [-0.25, -0.2) is 4.68 Å². The number of aromatic nitrogens is 3. The molecular weight excluding hydrogens is 431 g/mol. The van der Waals surface area contributed by atoms with E-state index < -0.39 is 0 Å². The van der Waals surface area contributed by atoms with Gasteiger partial charge in [-0.1, -0.05) is 17.3 Å². The van der Waals surface area contributed by atoms with Crippen molar-refractivity contribution in [2.24, 2.45) is 0 Å². The smallest absolute Gasteiger partial charge is 0.132 e. The lowest BCUT2D eigenvalue weighted by Crippen LogP contribution is -2.07. The first kappa shape index (κ1) is 17.7. The number of ether oxygens (including phenoxy) is 1. The Kier molecular flexibility index (Phi) is 5.54. The van der Waals surface area contributed by atoms with Crippen LogP contribution in [0.5, 0.6) is 5.75 Å². The van der Waals surface area contributed by atoms with Crippen LogP contribution in [0.2, 0.25) is 0 Å². The summed E-state index contributed by atoms with van der Waals surface area (Å²) in [5.74, 6) is 0.748. The van der Waals surface area contributed by atoms with Crippen LogP contribution in [0.15, 0.2) is 48.7 Å². The fourth-order valence-corrected chi connectivity index (χ4v) is 3.01. The second kappa shape index (κ2) is 7.83. The normalized spacial score (nSPS) is 10.7. The average molecular weight is 450 g/mol. The Labute approximate surface area is 160 Å². The van der Waals surface area contributed by atoms with E-state index in [9.17, 15) is 0 Å². The second-order valence-corrected chi connectivity index (χ2v) is 6.84. The first-order valence-corrected chi connectivity index (χ1v) is 8.90. The fourth-order valence-electron chi connectivity index (χ4n) is 2.36. The van der Waals surface area contributed by atoms with Crippen molar-refractivity contribution >= 4 is 28.3 Å². The van der Waals surface area contributed by atoms with Crippen molar-refractivity contribution in [3.05, 3.63) is 52.2 Å². The first-order valence-electron chi connectivity index (χ1n) is 7.82. The van der Waals surface area contributed by atoms with Crippen LogP contribution in [0.3, 0.4) is 0 Å². The Morgan fingerprint density at radius 1 is 1.16 bits per heavy atom. The van der Waals surface area contributed by atoms with E-state index in [0.717, 1.165) is 32.0 Å². The third kappa shape index (κ3) is 4.10. The predicted molar refractivity (Wildman–Crippen MR) is 106 cm³/mol. The van der Waals surface area contributed by atoms with Crippen molar-refractivity contribution in [3.8, 4) is 22.7 Å². The Balaban J connectivity index is 1.82. The van der Waals surface area contributed by atoms with Crippen molar-refractivity contribution in [2.75, 3.05) is 32.2 Å². The van der Waals surface area contributed by atoms with Crippen molar-refractivity contribution in [1.82, 2.24) is 15.0 Å². The van der Waals surface area contributed by atoms with E-state index in [1.165, 1.54) is 0 Å². The lowest BCUT2D eigenvalue weighted by molar-refractivity contribution is 0.200. The van der Waals surface area contributed by atoms with Crippen molar-refractivity contribution in [3.63, 3.8) is 0 Å². The minimum atomic E-state index is -0.00310. The molecule has 130 valence electrons. The molecule has 0 aliphatic heterocycles. The lowest BCUT2D eigenvalue weighted by Gasteiger charge is -2.11. The molecule has 0 saturated heterocycles. The molecular formula is C18H19IN4O2. The van der Waals surface area contributed by atoms with Gasteiger partial charge >= 0.3 is 0 Å². The zero-order valence-electron chi connectivity index (χ0n) is 14.1. The average Bonchev–Trinajstić information content (AvgIpc) is 3.11. The molecule has 0 bridgehead atoms. The summed E-state index contributed by atoms with van der Waals surface area (Å²) in [6.45, 7) is 0.280. The van der Waals surface area contributed by atoms with Crippen LogP contribution in [0.25, 0.3) is 16.9 Å². The number of anilines is 1. The van der Waals surface area contributed by atoms with Gasteiger partial charge in [0.2, 0.25) is 0 Å². The van der Waals surface area contributed by atoms with Crippen LogP contribution in [0.1, 0.15) is 0 Å². The highest BCUT2D eigenvalue weighted by molar-refractivity contribution is 14.1. The summed E-state index contributed by atoms with van der Waals surface area (Å²) in [6, 6.07) is 14.0. The number of nitrogens with zero attached hydrogens (tertiary/aromatic N) is 4. The summed E-state index contributed by atoms with van der Waals surface area (Å²) in [7, 11) is 4.03. The maximum absolute atomic E-state index is 8.86. The zero-order chi connectivity index (χ0) is 17.8. The van der Waals surface area contributed by atoms with Gasteiger partial charge in [-0.05, 0) is 52.9 Å². The monoisotopic (exact) mass is 450 g/mol. The van der Waals surface area contributed by atoms with Crippen LogP contribution >= 0.6 is 22.6 Å². The van der Waals surface area contributed by atoms with Gasteiger partial charge in [0.05, 0.1) is 22.1 Å². The molecule has 1 aromatic heterocycles. The number of aliphatic hydroxyl groups is 1. The van der Waals surface area contributed by atoms with Crippen LogP contribution in [0, 0.1) is 3.57 Å². The quantitative estimate of drug-likeness (QED) is 0.586. The topological polar surface area (TPSA) is 63.4 Å². The highest BCUT2D eigenvalue weighted by atomic mass is 127. The highest BCUT2D eigenvalue weighted by Gasteiger charge is 2.08. The van der Waals surface area contributed by atoms with Gasteiger partial charge in [-0.3, -0.25) is 0 Å². The zero-order valence-corrected chi connectivity index (χ0v) is 16.2. The minimum absolute atomic E-state index is 0.00310. The van der Waals surface area contributed by atoms with Gasteiger partial charge in [0.15, 0.2) is 0 Å². The molecule has 2 aromatic carbocycles. The van der Waals surface area contributed by atoms with E-state index in [1.807, 2.05) is 50.6 Å². The summed E-state index contributed by atoms with van der Waals surface area (Å²) in [4.78, 5) is 2.06. The van der Waals surface area contributed by atoms with Gasteiger partial charge in [-0.2, -0.15) is 0 Å². The third-order valence-electron chi connectivity index (χ3n) is 3.70. The maximum atomic E-state index is 8.86. The van der Waals surface area contributed by atoms with Gasteiger partial charge in [0.1, 0.15) is 18.1 Å². The Morgan fingerprint density at radius 2 is 1.92 bits per heavy atom. The molecule has 0 fully saturated rings. The molecule has 6 nitrogen and oxygen atoms in total. The molecule has 7 heteroatoms. The summed E-state index contributed by atoms with van der Waals surface area (Å²) >= 11 is 2.21. The Morgan fingerprint density at radius 3 is 2.56 bits per heavy atom. The summed E-state index contributed by atoms with van der Waals surface area (Å²) < 4.78 is 8.17. The Hall–Kier alpha value is -2.13. The van der Waals surface area contributed by atoms with E-state index in [0.29, 0.717) is 0 Å². The minimum Gasteiger partial charge on any atom is -0.490 e. The molecule has 0 spiro atoms. The number of aliphatic hydroxyl groups excluding tert-OH is 1. The van der Waals surface area contributed by atoms with E-state index in [-0.39, 0.29) is 13.2 Å². The maximum Gasteiger partial charge on any atom is 0.132 e. The third-order valence-corrected chi connectivity index (χ3v) is 4.54. The first-order chi connectivity index (χ1) is 12.1. The van der Waals surface area contributed by atoms with Crippen molar-refractivity contribution < 1.29 is 9.84 Å². The molecule has 25 heavy (non-hydrogen) atoms. The van der Waals surface area contributed by atoms with Gasteiger partial charge in [-0.15, -0.1) is 5.10 Å². The standard InChI is InChI=1S/C18H19IN4O2/c1-22(2)14-5-3-13(4-6-14)17-12-23(21-20-17)15-7-8-18(16(19)11-15)25-10-9-24/h3-8,11-12,24H,9-10H2,1-2H3. The SMILES string of the molecule is CN(C)c1ccc(-c2cn(-c3ccc(OCCO)c(I)c3)nn2)cc1. The molecule has 0 atom stereocenters. The molecule has 0 radical (unpaired) electrons. The van der Waals surface area contributed by atoms with E-state index in [1.54, 1.807) is 4.68 Å². The fraction of sp³-hybridized carbons (Fsp3) is 0.222. The molecule has 0 unspecified atom stereocenters. The van der Waals surface area contributed by atoms with Crippen LogP contribution in [0.4, 0.5) is 5.69 Å². The molecule has 1 N–H and O–H groups in total. The van der Waals surface area contributed by atoms with E-state index >= 15 is 0 Å². The Bertz CT molecular complexity index is 847. The number of hydrogen-bond donors (Lipinski definition) is 1. The van der Waals surface area contributed by atoms with Gasteiger partial charge in [0, 0.05) is 25.3 Å². The molecule has 0 aliphatic carbocycles. The van der Waals surface area contributed by atoms with Gasteiger partial charge < -0.3 is 14.7 Å². The lowest BCUT2D eigenvalue weighted by atomic mass is 10.1. The van der Waals surface area contributed by atoms with Crippen LogP contribution in [-0.4, -0.2) is 47.4 Å². The number of rotatable bonds is 6. The molecule has 1 heterocycles. The summed E-state index contributed by atoms with van der Waals surface area (Å²) in [6.07, 6.45) is 1.91. The van der Waals surface area contributed by atoms with E-state index in [2.05, 4.69) is 49.9 Å². The van der Waals surface area contributed by atoms with Crippen molar-refractivity contribution in [1.29, 1.82) is 0 Å². The highest BCUT2D eigenvalue weighted by Crippen LogP contribution is 2.25. The van der Waals surface area contributed by atoms with Crippen LogP contribution in [-0.2, 0) is 0 Å². The number of benzene rings is 2. The molecule has 0 amide bonds. The second-order valence-electron chi connectivity index (χ2n) is 5.68. The molecule has 0 saturated carbocycles. The largest absolute Gasteiger partial charge is 0.490 e. The number of halogens is 1. The molecule has 0 aliphatic rings. The predicted octanol–water partition coefficient (Wildman–Crippen LogP) is 2.98. The summed E-state index contributed by atoms with van der Waals surface area (Å²) in [5, 5.41) is 17.4.